The van der Waals surface area contributed by atoms with Gasteiger partial charge < -0.3 is 5.32 Å². The Bertz CT molecular complexity index is 662. The van der Waals surface area contributed by atoms with Gasteiger partial charge in [-0.1, -0.05) is 12.1 Å². The van der Waals surface area contributed by atoms with Crippen LogP contribution in [0.5, 0.6) is 0 Å². The van der Waals surface area contributed by atoms with E-state index < -0.39 is 5.91 Å². The van der Waals surface area contributed by atoms with Gasteiger partial charge in [-0.3, -0.25) is 14.8 Å². The highest BCUT2D eigenvalue weighted by Gasteiger charge is 2.51. The number of hydroxylamine groups is 1. The summed E-state index contributed by atoms with van der Waals surface area (Å²) in [4.78, 5) is 24.1. The van der Waals surface area contributed by atoms with Gasteiger partial charge >= 0.3 is 0 Å². The molecule has 0 aliphatic heterocycles. The van der Waals surface area contributed by atoms with Crippen LogP contribution in [0.15, 0.2) is 24.3 Å². The third-order valence-corrected chi connectivity index (χ3v) is 6.85. The monoisotopic (exact) mass is 356 g/mol. The van der Waals surface area contributed by atoms with Gasteiger partial charge in [0.05, 0.1) is 6.04 Å². The Morgan fingerprint density at radius 3 is 2.12 bits per heavy atom. The van der Waals surface area contributed by atoms with Gasteiger partial charge in [-0.25, -0.2) is 5.48 Å². The third-order valence-electron chi connectivity index (χ3n) is 6.85. The number of carbonyl (C=O) groups excluding carboxylic acids is 2. The molecular formula is C21H28N2O3. The molecule has 140 valence electrons. The van der Waals surface area contributed by atoms with Crippen LogP contribution < -0.4 is 10.8 Å². The van der Waals surface area contributed by atoms with Crippen LogP contribution in [0, 0.1) is 23.2 Å². The molecule has 4 bridgehead atoms. The van der Waals surface area contributed by atoms with Gasteiger partial charge in [0.15, 0.2) is 0 Å². The minimum Gasteiger partial charge on any atom is -0.350 e. The summed E-state index contributed by atoms with van der Waals surface area (Å²) >= 11 is 0. The van der Waals surface area contributed by atoms with Crippen LogP contribution in [0.1, 0.15) is 73.8 Å². The molecule has 5 nitrogen and oxygen atoms in total. The van der Waals surface area contributed by atoms with Crippen molar-refractivity contribution in [2.75, 3.05) is 0 Å². The first-order valence-electron chi connectivity index (χ1n) is 9.80. The van der Waals surface area contributed by atoms with Crippen LogP contribution in [0.2, 0.25) is 0 Å². The molecule has 26 heavy (non-hydrogen) atoms. The molecule has 5 rings (SSSR count). The summed E-state index contributed by atoms with van der Waals surface area (Å²) in [6.07, 6.45) is 8.57. The molecule has 1 aromatic carbocycles. The smallest absolute Gasteiger partial charge is 0.274 e. The van der Waals surface area contributed by atoms with Crippen LogP contribution in [-0.4, -0.2) is 17.0 Å². The van der Waals surface area contributed by atoms with E-state index in [9.17, 15) is 9.59 Å². The van der Waals surface area contributed by atoms with E-state index >= 15 is 0 Å². The van der Waals surface area contributed by atoms with Crippen molar-refractivity contribution in [1.82, 2.24) is 10.8 Å². The lowest BCUT2D eigenvalue weighted by Gasteiger charge is -2.56. The van der Waals surface area contributed by atoms with Gasteiger partial charge in [0.25, 0.3) is 5.91 Å². The molecule has 0 saturated heterocycles. The number of amides is 2. The van der Waals surface area contributed by atoms with Gasteiger partial charge in [0, 0.05) is 12.0 Å². The maximum atomic E-state index is 12.7. The highest BCUT2D eigenvalue weighted by atomic mass is 16.5. The van der Waals surface area contributed by atoms with Crippen molar-refractivity contribution in [3.8, 4) is 0 Å². The fourth-order valence-corrected chi connectivity index (χ4v) is 6.21. The standard InChI is InChI=1S/C21H28N2O3/c1-13(17-2-4-18(5-3-17)20(25)23-26)22-19(24)12-21-9-14-6-15(10-21)8-16(7-14)11-21/h2-5,13-16,26H,6-12H2,1H3,(H,22,24)(H,23,25). The van der Waals surface area contributed by atoms with Crippen LogP contribution in [0.25, 0.3) is 0 Å². The van der Waals surface area contributed by atoms with E-state index in [1.54, 1.807) is 17.6 Å². The lowest BCUT2D eigenvalue weighted by molar-refractivity contribution is -0.130. The minimum absolute atomic E-state index is 0.0948. The third kappa shape index (κ3) is 3.37. The van der Waals surface area contributed by atoms with E-state index in [4.69, 9.17) is 5.21 Å². The number of rotatable bonds is 5. The number of hydrogen-bond donors (Lipinski definition) is 3. The predicted octanol–water partition coefficient (Wildman–Crippen LogP) is 3.59. The van der Waals surface area contributed by atoms with E-state index in [2.05, 4.69) is 5.32 Å². The first-order valence-corrected chi connectivity index (χ1v) is 9.80. The molecule has 4 aliphatic carbocycles. The normalized spacial score (nSPS) is 32.9. The van der Waals surface area contributed by atoms with E-state index in [0.717, 1.165) is 23.3 Å². The number of benzene rings is 1. The Balaban J connectivity index is 1.36. The summed E-state index contributed by atoms with van der Waals surface area (Å²) in [6, 6.07) is 6.86. The van der Waals surface area contributed by atoms with Gasteiger partial charge in [0.2, 0.25) is 5.91 Å². The molecule has 0 aromatic heterocycles. The fraction of sp³-hybridized carbons (Fsp3) is 0.619. The second kappa shape index (κ2) is 6.69. The highest BCUT2D eigenvalue weighted by molar-refractivity contribution is 5.93. The summed E-state index contributed by atoms with van der Waals surface area (Å²) in [5, 5.41) is 11.8. The first-order chi connectivity index (χ1) is 12.5. The Morgan fingerprint density at radius 2 is 1.62 bits per heavy atom. The quantitative estimate of drug-likeness (QED) is 0.557. The minimum atomic E-state index is -0.532. The molecule has 1 atom stereocenters. The zero-order chi connectivity index (χ0) is 18.3. The first kappa shape index (κ1) is 17.5. The summed E-state index contributed by atoms with van der Waals surface area (Å²) in [6.45, 7) is 1.97. The van der Waals surface area contributed by atoms with Gasteiger partial charge in [-0.15, -0.1) is 0 Å². The predicted molar refractivity (Wildman–Crippen MR) is 97.5 cm³/mol. The van der Waals surface area contributed by atoms with E-state index in [1.165, 1.54) is 38.5 Å². The molecule has 4 fully saturated rings. The van der Waals surface area contributed by atoms with Gasteiger partial charge in [-0.2, -0.15) is 0 Å². The van der Waals surface area contributed by atoms with Crippen LogP contribution in [-0.2, 0) is 4.79 Å². The van der Waals surface area contributed by atoms with E-state index in [-0.39, 0.29) is 17.4 Å². The Labute approximate surface area is 154 Å². The molecule has 1 unspecified atom stereocenters. The Kier molecular flexibility index (Phi) is 4.51. The summed E-state index contributed by atoms with van der Waals surface area (Å²) in [5.41, 5.74) is 3.23. The maximum absolute atomic E-state index is 12.7. The average molecular weight is 356 g/mol. The van der Waals surface area contributed by atoms with Crippen molar-refractivity contribution in [2.24, 2.45) is 23.2 Å². The number of hydrogen-bond acceptors (Lipinski definition) is 3. The van der Waals surface area contributed by atoms with E-state index in [0.29, 0.717) is 12.0 Å². The fourth-order valence-electron chi connectivity index (χ4n) is 6.21. The summed E-state index contributed by atoms with van der Waals surface area (Å²) < 4.78 is 0. The number of nitrogens with one attached hydrogen (secondary N) is 2. The topological polar surface area (TPSA) is 78.4 Å². The van der Waals surface area contributed by atoms with Crippen molar-refractivity contribution < 1.29 is 14.8 Å². The maximum Gasteiger partial charge on any atom is 0.274 e. The second-order valence-electron chi connectivity index (χ2n) is 8.95. The Hall–Kier alpha value is -1.88. The van der Waals surface area contributed by atoms with Crippen LogP contribution in [0.4, 0.5) is 0 Å². The molecule has 4 saturated carbocycles. The molecule has 0 radical (unpaired) electrons. The van der Waals surface area contributed by atoms with Crippen LogP contribution >= 0.6 is 0 Å². The molecule has 0 heterocycles. The largest absolute Gasteiger partial charge is 0.350 e. The van der Waals surface area contributed by atoms with Crippen molar-refractivity contribution in [3.05, 3.63) is 35.4 Å². The summed E-state index contributed by atoms with van der Waals surface area (Å²) in [7, 11) is 0. The van der Waals surface area contributed by atoms with Crippen molar-refractivity contribution in [1.29, 1.82) is 0 Å². The molecule has 4 aliphatic rings. The van der Waals surface area contributed by atoms with Gasteiger partial charge in [0.1, 0.15) is 0 Å². The molecule has 3 N–H and O–H groups in total. The van der Waals surface area contributed by atoms with Crippen molar-refractivity contribution in [2.45, 2.75) is 57.9 Å². The highest BCUT2D eigenvalue weighted by Crippen LogP contribution is 2.61. The lowest BCUT2D eigenvalue weighted by Crippen LogP contribution is -2.48. The zero-order valence-electron chi connectivity index (χ0n) is 15.3. The Morgan fingerprint density at radius 1 is 1.08 bits per heavy atom. The van der Waals surface area contributed by atoms with Gasteiger partial charge in [-0.05, 0) is 86.3 Å². The average Bonchev–Trinajstić information content (AvgIpc) is 2.59. The SMILES string of the molecule is CC(NC(=O)CC12CC3CC(CC(C3)C1)C2)c1ccc(C(=O)NO)cc1. The zero-order valence-corrected chi connectivity index (χ0v) is 15.3. The lowest BCUT2D eigenvalue weighted by atomic mass is 9.49. The van der Waals surface area contributed by atoms with Crippen molar-refractivity contribution in [3.63, 3.8) is 0 Å². The summed E-state index contributed by atoms with van der Waals surface area (Å²) in [5.74, 6) is 2.19. The number of carbonyl (C=O) groups is 2. The van der Waals surface area contributed by atoms with Crippen molar-refractivity contribution >= 4 is 11.8 Å². The molecule has 1 aromatic rings. The molecule has 0 spiro atoms. The van der Waals surface area contributed by atoms with E-state index in [1.807, 2.05) is 19.1 Å². The second-order valence-corrected chi connectivity index (χ2v) is 8.95. The molecule has 5 heteroatoms. The molecular weight excluding hydrogens is 328 g/mol. The van der Waals surface area contributed by atoms with Crippen LogP contribution in [0.3, 0.4) is 0 Å². The molecule has 2 amide bonds.